The third-order valence-electron chi connectivity index (χ3n) is 4.95. The molecule has 5 rings (SSSR count). The Morgan fingerprint density at radius 2 is 1.41 bits per heavy atom. The molecule has 0 saturated heterocycles. The first-order valence-electron chi connectivity index (χ1n) is 7.60. The van der Waals surface area contributed by atoms with Crippen LogP contribution in [0.2, 0.25) is 0 Å². The molecule has 0 aliphatic heterocycles. The third kappa shape index (κ3) is 1.40. The lowest BCUT2D eigenvalue weighted by Crippen LogP contribution is -1.85. The van der Waals surface area contributed by atoms with Crippen molar-refractivity contribution in [3.63, 3.8) is 0 Å². The molecule has 5 aromatic rings. The Morgan fingerprint density at radius 3 is 2.27 bits per heavy atom. The van der Waals surface area contributed by atoms with Gasteiger partial charge in [0.05, 0.1) is 0 Å². The SMILES string of the molecule is Cn1c2ccccc2c2cc3c(cc21)c1ccccc1p3C. The van der Waals surface area contributed by atoms with E-state index >= 15 is 0 Å². The molecule has 22 heavy (non-hydrogen) atoms. The number of nitrogens with zero attached hydrogens (tertiary/aromatic N) is 1. The Labute approximate surface area is 129 Å². The summed E-state index contributed by atoms with van der Waals surface area (Å²) in [5, 5.41) is 8.66. The topological polar surface area (TPSA) is 4.93 Å². The fraction of sp³-hybridized carbons (Fsp3) is 0.100. The minimum Gasteiger partial charge on any atom is -0.344 e. The molecule has 1 nitrogen and oxygen atoms in total. The predicted octanol–water partition coefficient (Wildman–Crippen LogP) is 6.16. The summed E-state index contributed by atoms with van der Waals surface area (Å²) in [6, 6.07) is 22.4. The van der Waals surface area contributed by atoms with Crippen LogP contribution in [-0.2, 0) is 13.7 Å². The number of aromatic nitrogens is 1. The summed E-state index contributed by atoms with van der Waals surface area (Å²) >= 11 is 0. The van der Waals surface area contributed by atoms with Gasteiger partial charge >= 0.3 is 0 Å². The van der Waals surface area contributed by atoms with Gasteiger partial charge in [0.2, 0.25) is 0 Å². The van der Waals surface area contributed by atoms with Crippen molar-refractivity contribution in [3.8, 4) is 0 Å². The van der Waals surface area contributed by atoms with Crippen molar-refractivity contribution in [1.29, 1.82) is 0 Å². The van der Waals surface area contributed by atoms with Crippen molar-refractivity contribution >= 4 is 50.3 Å². The van der Waals surface area contributed by atoms with Gasteiger partial charge in [-0.15, -0.1) is 7.53 Å². The highest BCUT2D eigenvalue weighted by atomic mass is 31.1. The van der Waals surface area contributed by atoms with E-state index in [-0.39, 0.29) is 7.53 Å². The monoisotopic (exact) mass is 301 g/mol. The molecule has 0 amide bonds. The number of fused-ring (bicyclic) bond motifs is 6. The number of rotatable bonds is 0. The second kappa shape index (κ2) is 4.15. The van der Waals surface area contributed by atoms with Crippen LogP contribution in [-0.4, -0.2) is 4.57 Å². The minimum atomic E-state index is -0.225. The summed E-state index contributed by atoms with van der Waals surface area (Å²) in [5.41, 5.74) is 2.65. The fourth-order valence-corrected chi connectivity index (χ4v) is 5.81. The Kier molecular flexibility index (Phi) is 2.32. The molecule has 0 aliphatic rings. The molecule has 0 saturated carbocycles. The normalized spacial score (nSPS) is 12.9. The van der Waals surface area contributed by atoms with E-state index in [4.69, 9.17) is 0 Å². The lowest BCUT2D eigenvalue weighted by molar-refractivity contribution is 1.02. The van der Waals surface area contributed by atoms with Gasteiger partial charge in [-0.1, -0.05) is 42.5 Å². The average Bonchev–Trinajstić information content (AvgIpc) is 3.01. The molecule has 1 atom stereocenters. The maximum atomic E-state index is 2.44. The highest BCUT2D eigenvalue weighted by Crippen LogP contribution is 2.48. The van der Waals surface area contributed by atoms with E-state index in [1.807, 2.05) is 0 Å². The maximum absolute atomic E-state index is 2.44. The zero-order valence-electron chi connectivity index (χ0n) is 12.7. The van der Waals surface area contributed by atoms with Crippen molar-refractivity contribution in [2.75, 3.05) is 0 Å². The van der Waals surface area contributed by atoms with E-state index in [9.17, 15) is 0 Å². The Hall–Kier alpha value is -2.24. The summed E-state index contributed by atoms with van der Waals surface area (Å²) in [7, 11) is 1.95. The van der Waals surface area contributed by atoms with Crippen molar-refractivity contribution in [2.45, 2.75) is 0 Å². The smallest absolute Gasteiger partial charge is 0.0495 e. The lowest BCUT2D eigenvalue weighted by Gasteiger charge is -1.99. The van der Waals surface area contributed by atoms with Gasteiger partial charge in [0, 0.05) is 39.1 Å². The van der Waals surface area contributed by atoms with Crippen LogP contribution in [0.4, 0.5) is 0 Å². The molecule has 2 heteroatoms. The number of aryl methyl sites for hydroxylation is 2. The van der Waals surface area contributed by atoms with Crippen molar-refractivity contribution < 1.29 is 0 Å². The molecule has 2 heterocycles. The molecule has 3 aromatic carbocycles. The standard InChI is InChI=1S/C20H16NP/c1-21-17-9-5-3-7-13(17)15-12-20-16(11-18(15)21)14-8-4-6-10-19(14)22(20)2/h3-12H,1-2H3. The van der Waals surface area contributed by atoms with Gasteiger partial charge < -0.3 is 4.57 Å². The summed E-state index contributed by atoms with van der Waals surface area (Å²) in [5.74, 6) is 0. The molecule has 0 bridgehead atoms. The summed E-state index contributed by atoms with van der Waals surface area (Å²) in [6.45, 7) is 2.39. The van der Waals surface area contributed by atoms with Gasteiger partial charge in [0.15, 0.2) is 0 Å². The predicted molar refractivity (Wildman–Crippen MR) is 99.1 cm³/mol. The van der Waals surface area contributed by atoms with E-state index in [2.05, 4.69) is 78.9 Å². The third-order valence-corrected chi connectivity index (χ3v) is 7.15. The molecular formula is C20H16NP. The second-order valence-corrected chi connectivity index (χ2v) is 8.12. The second-order valence-electron chi connectivity index (χ2n) is 6.04. The largest absolute Gasteiger partial charge is 0.344 e. The van der Waals surface area contributed by atoms with Crippen LogP contribution in [0.15, 0.2) is 60.7 Å². The van der Waals surface area contributed by atoms with Crippen LogP contribution in [0.5, 0.6) is 0 Å². The molecule has 0 aliphatic carbocycles. The van der Waals surface area contributed by atoms with Gasteiger partial charge in [0.1, 0.15) is 0 Å². The summed E-state index contributed by atoms with van der Waals surface area (Å²) in [6.07, 6.45) is 0. The molecule has 1 unspecified atom stereocenters. The quantitative estimate of drug-likeness (QED) is 0.323. The van der Waals surface area contributed by atoms with Gasteiger partial charge in [-0.2, -0.15) is 0 Å². The lowest BCUT2D eigenvalue weighted by atomic mass is 10.1. The average molecular weight is 301 g/mol. The molecule has 0 N–H and O–H groups in total. The molecule has 106 valence electrons. The maximum Gasteiger partial charge on any atom is 0.0495 e. The number of para-hydroxylation sites is 1. The van der Waals surface area contributed by atoms with Crippen molar-refractivity contribution in [3.05, 3.63) is 60.7 Å². The Morgan fingerprint density at radius 1 is 0.682 bits per heavy atom. The zero-order chi connectivity index (χ0) is 14.8. The Bertz CT molecular complexity index is 1090. The van der Waals surface area contributed by atoms with E-state index in [1.165, 1.54) is 42.8 Å². The van der Waals surface area contributed by atoms with Gasteiger partial charge in [-0.25, -0.2) is 0 Å². The minimum absolute atomic E-state index is 0.225. The van der Waals surface area contributed by atoms with Crippen molar-refractivity contribution in [2.24, 2.45) is 13.7 Å². The number of benzene rings is 3. The van der Waals surface area contributed by atoms with Crippen LogP contribution in [0.3, 0.4) is 0 Å². The molecule has 0 spiro atoms. The zero-order valence-corrected chi connectivity index (χ0v) is 13.6. The summed E-state index contributed by atoms with van der Waals surface area (Å²) < 4.78 is 2.32. The van der Waals surface area contributed by atoms with Crippen LogP contribution in [0.1, 0.15) is 0 Å². The van der Waals surface area contributed by atoms with Gasteiger partial charge in [-0.05, 0) is 35.6 Å². The molecule has 0 radical (unpaired) electrons. The first-order chi connectivity index (χ1) is 10.8. The molecular weight excluding hydrogens is 285 g/mol. The highest BCUT2D eigenvalue weighted by Gasteiger charge is 2.13. The van der Waals surface area contributed by atoms with Crippen LogP contribution >= 0.6 is 7.53 Å². The van der Waals surface area contributed by atoms with Crippen LogP contribution in [0, 0.1) is 0 Å². The van der Waals surface area contributed by atoms with E-state index in [0.717, 1.165) is 0 Å². The van der Waals surface area contributed by atoms with E-state index in [0.29, 0.717) is 0 Å². The fourth-order valence-electron chi connectivity index (χ4n) is 3.81. The first-order valence-corrected chi connectivity index (χ1v) is 9.39. The number of hydrogen-bond acceptors (Lipinski definition) is 0. The Balaban J connectivity index is 2.10. The molecule has 2 aromatic heterocycles. The molecule has 0 fully saturated rings. The van der Waals surface area contributed by atoms with Crippen LogP contribution < -0.4 is 0 Å². The van der Waals surface area contributed by atoms with Gasteiger partial charge in [0.25, 0.3) is 0 Å². The van der Waals surface area contributed by atoms with Crippen LogP contribution in [0.25, 0.3) is 42.8 Å². The first kappa shape index (κ1) is 12.3. The van der Waals surface area contributed by atoms with Gasteiger partial charge in [-0.3, -0.25) is 0 Å². The van der Waals surface area contributed by atoms with Crippen molar-refractivity contribution in [1.82, 2.24) is 4.57 Å². The summed E-state index contributed by atoms with van der Waals surface area (Å²) in [4.78, 5) is 0. The highest BCUT2D eigenvalue weighted by molar-refractivity contribution is 7.59. The van der Waals surface area contributed by atoms with E-state index < -0.39 is 0 Å². The number of hydrogen-bond donors (Lipinski definition) is 0. The van der Waals surface area contributed by atoms with E-state index in [1.54, 1.807) is 0 Å².